The quantitative estimate of drug-likeness (QED) is 0.733. The molecule has 0 spiro atoms. The summed E-state index contributed by atoms with van der Waals surface area (Å²) in [6.07, 6.45) is 1.42. The molecule has 2 aromatic rings. The van der Waals surface area contributed by atoms with E-state index in [-0.39, 0.29) is 5.78 Å². The summed E-state index contributed by atoms with van der Waals surface area (Å²) in [4.78, 5) is 11.9. The Hall–Kier alpha value is -1.61. The van der Waals surface area contributed by atoms with E-state index in [1.807, 2.05) is 0 Å². The molecule has 0 aliphatic heterocycles. The van der Waals surface area contributed by atoms with Crippen LogP contribution in [0.4, 0.5) is 0 Å². The fraction of sp³-hybridized carbons (Fsp3) is 0.0909. The summed E-state index contributed by atoms with van der Waals surface area (Å²) in [7, 11) is 0. The zero-order valence-corrected chi connectivity index (χ0v) is 8.78. The molecule has 0 N–H and O–H groups in total. The number of halogens is 1. The maximum Gasteiger partial charge on any atom is 0.198 e. The second-order valence-corrected chi connectivity index (χ2v) is 3.57. The Kier molecular flexibility index (Phi) is 2.56. The van der Waals surface area contributed by atoms with E-state index in [0.29, 0.717) is 21.9 Å². The van der Waals surface area contributed by atoms with Gasteiger partial charge in [-0.3, -0.25) is 4.79 Å². The van der Waals surface area contributed by atoms with Crippen LogP contribution < -0.4 is 0 Å². The summed E-state index contributed by atoms with van der Waals surface area (Å²) in [6.45, 7) is 1.70. The maximum atomic E-state index is 11.9. The highest BCUT2D eigenvalue weighted by atomic mass is 35.5. The zero-order valence-electron chi connectivity index (χ0n) is 8.03. The van der Waals surface area contributed by atoms with Crippen molar-refractivity contribution >= 4 is 17.4 Å². The molecule has 0 radical (unpaired) electrons. The van der Waals surface area contributed by atoms with Crippen LogP contribution in [0.15, 0.2) is 35.0 Å². The average Bonchev–Trinajstić information content (AvgIpc) is 2.63. The lowest BCUT2D eigenvalue weighted by Gasteiger charge is -1.98. The number of aryl methyl sites for hydroxylation is 1. The summed E-state index contributed by atoms with van der Waals surface area (Å²) in [5.41, 5.74) is 1.01. The van der Waals surface area contributed by atoms with Gasteiger partial charge in [-0.2, -0.15) is 0 Å². The Morgan fingerprint density at radius 2 is 2.27 bits per heavy atom. The van der Waals surface area contributed by atoms with Gasteiger partial charge in [0.2, 0.25) is 0 Å². The van der Waals surface area contributed by atoms with E-state index < -0.39 is 0 Å². The van der Waals surface area contributed by atoms with Gasteiger partial charge in [-0.15, -0.1) is 0 Å². The average molecular weight is 222 g/mol. The fourth-order valence-electron chi connectivity index (χ4n) is 1.30. The first-order chi connectivity index (χ1) is 7.18. The van der Waals surface area contributed by atoms with Crippen LogP contribution in [0.5, 0.6) is 0 Å². The number of aromatic nitrogens is 1. The summed E-state index contributed by atoms with van der Waals surface area (Å²) in [5, 5.41) is 4.10. The topological polar surface area (TPSA) is 43.1 Å². The molecule has 76 valence electrons. The third-order valence-corrected chi connectivity index (χ3v) is 2.32. The monoisotopic (exact) mass is 221 g/mol. The number of carbonyl (C=O) groups is 1. The highest BCUT2D eigenvalue weighted by Crippen LogP contribution is 2.16. The van der Waals surface area contributed by atoms with Gasteiger partial charge in [0, 0.05) is 10.6 Å². The third-order valence-electron chi connectivity index (χ3n) is 2.08. The van der Waals surface area contributed by atoms with Crippen molar-refractivity contribution in [3.8, 4) is 0 Å². The predicted molar refractivity (Wildman–Crippen MR) is 56.1 cm³/mol. The van der Waals surface area contributed by atoms with Gasteiger partial charge >= 0.3 is 0 Å². The van der Waals surface area contributed by atoms with E-state index in [4.69, 9.17) is 16.1 Å². The lowest BCUT2D eigenvalue weighted by molar-refractivity contribution is 0.103. The Morgan fingerprint density at radius 3 is 2.87 bits per heavy atom. The van der Waals surface area contributed by atoms with E-state index >= 15 is 0 Å². The first kappa shape index (κ1) is 9.93. The van der Waals surface area contributed by atoms with Gasteiger partial charge in [-0.05, 0) is 19.1 Å². The van der Waals surface area contributed by atoms with Crippen LogP contribution in [0, 0.1) is 6.92 Å². The molecule has 0 bridgehead atoms. The second kappa shape index (κ2) is 3.87. The van der Waals surface area contributed by atoms with Crippen LogP contribution in [0.1, 0.15) is 21.7 Å². The molecule has 1 aromatic carbocycles. The molecule has 0 atom stereocenters. The van der Waals surface area contributed by atoms with Crippen LogP contribution in [0.2, 0.25) is 5.02 Å². The molecule has 2 rings (SSSR count). The molecule has 4 heteroatoms. The standard InChI is InChI=1S/C11H8ClNO2/c1-7-10(6-13-15-7)11(14)8-3-2-4-9(12)5-8/h2-6H,1H3. The van der Waals surface area contributed by atoms with E-state index in [9.17, 15) is 4.79 Å². The fourth-order valence-corrected chi connectivity index (χ4v) is 1.49. The van der Waals surface area contributed by atoms with Crippen molar-refractivity contribution < 1.29 is 9.32 Å². The highest BCUT2D eigenvalue weighted by Gasteiger charge is 2.14. The third kappa shape index (κ3) is 1.92. The first-order valence-electron chi connectivity index (χ1n) is 4.40. The Bertz CT molecular complexity index is 505. The van der Waals surface area contributed by atoms with Gasteiger partial charge in [-0.1, -0.05) is 28.9 Å². The largest absolute Gasteiger partial charge is 0.361 e. The predicted octanol–water partition coefficient (Wildman–Crippen LogP) is 2.87. The van der Waals surface area contributed by atoms with Crippen molar-refractivity contribution in [1.29, 1.82) is 0 Å². The normalized spacial score (nSPS) is 10.3. The van der Waals surface area contributed by atoms with Gasteiger partial charge < -0.3 is 4.52 Å². The molecule has 1 heterocycles. The maximum absolute atomic E-state index is 11.9. The number of nitrogens with zero attached hydrogens (tertiary/aromatic N) is 1. The molecule has 0 saturated carbocycles. The number of hydrogen-bond donors (Lipinski definition) is 0. The minimum Gasteiger partial charge on any atom is -0.361 e. The minimum atomic E-state index is -0.128. The van der Waals surface area contributed by atoms with E-state index in [1.165, 1.54) is 6.20 Å². The number of hydrogen-bond acceptors (Lipinski definition) is 3. The molecule has 0 unspecified atom stereocenters. The molecule has 0 aliphatic rings. The summed E-state index contributed by atoms with van der Waals surface area (Å²) in [6, 6.07) is 6.79. The number of ketones is 1. The van der Waals surface area contributed by atoms with E-state index in [2.05, 4.69) is 5.16 Å². The van der Waals surface area contributed by atoms with Crippen molar-refractivity contribution in [2.75, 3.05) is 0 Å². The van der Waals surface area contributed by atoms with Crippen LogP contribution in [-0.2, 0) is 0 Å². The SMILES string of the molecule is Cc1oncc1C(=O)c1cccc(Cl)c1. The van der Waals surface area contributed by atoms with Crippen molar-refractivity contribution in [2.24, 2.45) is 0 Å². The summed E-state index contributed by atoms with van der Waals surface area (Å²) in [5.74, 6) is 0.385. The van der Waals surface area contributed by atoms with Gasteiger partial charge in [0.25, 0.3) is 0 Å². The van der Waals surface area contributed by atoms with Crippen LogP contribution >= 0.6 is 11.6 Å². The van der Waals surface area contributed by atoms with Crippen molar-refractivity contribution in [3.63, 3.8) is 0 Å². The summed E-state index contributed by atoms with van der Waals surface area (Å²) < 4.78 is 4.83. The molecule has 0 saturated heterocycles. The van der Waals surface area contributed by atoms with Gasteiger partial charge in [0.15, 0.2) is 5.78 Å². The number of rotatable bonds is 2. The molecule has 15 heavy (non-hydrogen) atoms. The van der Waals surface area contributed by atoms with Crippen molar-refractivity contribution in [3.05, 3.63) is 52.4 Å². The molecule has 0 fully saturated rings. The zero-order chi connectivity index (χ0) is 10.8. The molecular formula is C11H8ClNO2. The smallest absolute Gasteiger partial charge is 0.198 e. The molecular weight excluding hydrogens is 214 g/mol. The Labute approximate surface area is 91.6 Å². The van der Waals surface area contributed by atoms with E-state index in [1.54, 1.807) is 31.2 Å². The second-order valence-electron chi connectivity index (χ2n) is 3.14. The Morgan fingerprint density at radius 1 is 1.47 bits per heavy atom. The van der Waals surface area contributed by atoms with Gasteiger partial charge in [-0.25, -0.2) is 0 Å². The lowest BCUT2D eigenvalue weighted by atomic mass is 10.1. The molecule has 0 amide bonds. The lowest BCUT2D eigenvalue weighted by Crippen LogP contribution is -2.01. The Balaban J connectivity index is 2.41. The first-order valence-corrected chi connectivity index (χ1v) is 4.78. The van der Waals surface area contributed by atoms with Crippen LogP contribution in [0.3, 0.4) is 0 Å². The van der Waals surface area contributed by atoms with Crippen molar-refractivity contribution in [1.82, 2.24) is 5.16 Å². The molecule has 3 nitrogen and oxygen atoms in total. The highest BCUT2D eigenvalue weighted by molar-refractivity contribution is 6.31. The van der Waals surface area contributed by atoms with E-state index in [0.717, 1.165) is 0 Å². The van der Waals surface area contributed by atoms with Crippen LogP contribution in [-0.4, -0.2) is 10.9 Å². The van der Waals surface area contributed by atoms with Crippen LogP contribution in [0.25, 0.3) is 0 Å². The van der Waals surface area contributed by atoms with Crippen molar-refractivity contribution in [2.45, 2.75) is 6.92 Å². The molecule has 1 aromatic heterocycles. The molecule has 0 aliphatic carbocycles. The van der Waals surface area contributed by atoms with Gasteiger partial charge in [0.1, 0.15) is 5.76 Å². The van der Waals surface area contributed by atoms with Gasteiger partial charge in [0.05, 0.1) is 11.8 Å². The number of benzene rings is 1. The minimum absolute atomic E-state index is 0.128. The number of carbonyl (C=O) groups excluding carboxylic acids is 1. The summed E-state index contributed by atoms with van der Waals surface area (Å²) >= 11 is 5.80.